The van der Waals surface area contributed by atoms with E-state index in [4.69, 9.17) is 4.74 Å². The van der Waals surface area contributed by atoms with Crippen LogP contribution in [0.3, 0.4) is 0 Å². The van der Waals surface area contributed by atoms with Crippen LogP contribution >= 0.6 is 24.0 Å². The van der Waals surface area contributed by atoms with Gasteiger partial charge in [-0.1, -0.05) is 0 Å². The molecule has 0 aromatic carbocycles. The van der Waals surface area contributed by atoms with E-state index in [1.165, 1.54) is 0 Å². The number of alkyl carbamates (subject to hydrolysis) is 1. The van der Waals surface area contributed by atoms with Crippen LogP contribution in [0.4, 0.5) is 10.5 Å². The van der Waals surface area contributed by atoms with E-state index < -0.39 is 11.7 Å². The van der Waals surface area contributed by atoms with Crippen molar-refractivity contribution >= 4 is 47.6 Å². The molecule has 0 aliphatic heterocycles. The van der Waals surface area contributed by atoms with E-state index in [1.54, 1.807) is 31.6 Å². The number of anilines is 1. The molecule has 27 heavy (non-hydrogen) atoms. The molecule has 152 valence electrons. The molecule has 10 heteroatoms. The van der Waals surface area contributed by atoms with Crippen molar-refractivity contribution in [2.75, 3.05) is 32.0 Å². The summed E-state index contributed by atoms with van der Waals surface area (Å²) in [6.07, 6.45) is 3.45. The van der Waals surface area contributed by atoms with Crippen molar-refractivity contribution in [3.05, 3.63) is 24.5 Å². The minimum Gasteiger partial charge on any atom is -0.444 e. The van der Waals surface area contributed by atoms with Gasteiger partial charge >= 0.3 is 6.09 Å². The third-order valence-corrected chi connectivity index (χ3v) is 2.90. The molecule has 0 radical (unpaired) electrons. The maximum Gasteiger partial charge on any atom is 0.407 e. The Balaban J connectivity index is 0.00000676. The zero-order valence-corrected chi connectivity index (χ0v) is 18.5. The van der Waals surface area contributed by atoms with Crippen molar-refractivity contribution in [1.82, 2.24) is 20.9 Å². The van der Waals surface area contributed by atoms with Crippen molar-refractivity contribution in [1.29, 1.82) is 0 Å². The van der Waals surface area contributed by atoms with Gasteiger partial charge < -0.3 is 26.0 Å². The number of hydrogen-bond acceptors (Lipinski definition) is 5. The Hall–Kier alpha value is -2.11. The molecule has 2 amide bonds. The van der Waals surface area contributed by atoms with Crippen LogP contribution in [-0.4, -0.2) is 55.2 Å². The third-order valence-electron chi connectivity index (χ3n) is 2.90. The molecule has 4 N–H and O–H groups in total. The van der Waals surface area contributed by atoms with Gasteiger partial charge in [0.15, 0.2) is 5.96 Å². The summed E-state index contributed by atoms with van der Waals surface area (Å²) < 4.78 is 5.14. The summed E-state index contributed by atoms with van der Waals surface area (Å²) >= 11 is 0. The molecule has 0 unspecified atom stereocenters. The number of carbonyl (C=O) groups excluding carboxylic acids is 2. The molecule has 0 bridgehead atoms. The molecule has 1 rings (SSSR count). The second-order valence-electron chi connectivity index (χ2n) is 6.42. The number of halogens is 1. The second-order valence-corrected chi connectivity index (χ2v) is 6.42. The third kappa shape index (κ3) is 12.8. The largest absolute Gasteiger partial charge is 0.444 e. The molecule has 0 aliphatic rings. The van der Waals surface area contributed by atoms with Crippen molar-refractivity contribution in [3.63, 3.8) is 0 Å². The first kappa shape index (κ1) is 24.9. The van der Waals surface area contributed by atoms with Gasteiger partial charge in [0.25, 0.3) is 0 Å². The monoisotopic (exact) mass is 492 g/mol. The highest BCUT2D eigenvalue weighted by molar-refractivity contribution is 14.0. The molecule has 1 heterocycles. The number of pyridine rings is 1. The summed E-state index contributed by atoms with van der Waals surface area (Å²) in [7, 11) is 1.62. The smallest absolute Gasteiger partial charge is 0.407 e. The van der Waals surface area contributed by atoms with Gasteiger partial charge in [-0.25, -0.2) is 4.79 Å². The average Bonchev–Trinajstić information content (AvgIpc) is 2.56. The number of aliphatic imine (C=N–C) groups is 1. The quantitative estimate of drug-likeness (QED) is 0.199. The maximum atomic E-state index is 11.9. The number of hydrogen-bond donors (Lipinski definition) is 4. The Bertz CT molecular complexity index is 604. The second kappa shape index (κ2) is 13.1. The first-order valence-electron chi connectivity index (χ1n) is 8.41. The minimum absolute atomic E-state index is 0. The molecule has 9 nitrogen and oxygen atoms in total. The lowest BCUT2D eigenvalue weighted by molar-refractivity contribution is -0.115. The first-order chi connectivity index (χ1) is 12.3. The minimum atomic E-state index is -0.509. The predicted octanol–water partition coefficient (Wildman–Crippen LogP) is 1.72. The highest BCUT2D eigenvalue weighted by Gasteiger charge is 2.15. The van der Waals surface area contributed by atoms with Crippen molar-refractivity contribution in [2.24, 2.45) is 4.99 Å². The Morgan fingerprint density at radius 1 is 1.19 bits per heavy atom. The van der Waals surface area contributed by atoms with E-state index in [9.17, 15) is 9.59 Å². The highest BCUT2D eigenvalue weighted by atomic mass is 127. The van der Waals surface area contributed by atoms with Gasteiger partial charge in [-0.15, -0.1) is 24.0 Å². The van der Waals surface area contributed by atoms with E-state index in [0.717, 1.165) is 0 Å². The van der Waals surface area contributed by atoms with Gasteiger partial charge in [0.05, 0.1) is 18.4 Å². The summed E-state index contributed by atoms with van der Waals surface area (Å²) in [4.78, 5) is 31.3. The summed E-state index contributed by atoms with van der Waals surface area (Å²) in [5, 5.41) is 11.4. The Morgan fingerprint density at radius 2 is 1.89 bits per heavy atom. The lowest BCUT2D eigenvalue weighted by Gasteiger charge is -2.19. The van der Waals surface area contributed by atoms with Crippen LogP contribution in [0, 0.1) is 0 Å². The molecule has 0 saturated carbocycles. The van der Waals surface area contributed by atoms with Crippen molar-refractivity contribution in [3.8, 4) is 0 Å². The molecule has 0 fully saturated rings. The topological polar surface area (TPSA) is 117 Å². The van der Waals surface area contributed by atoms with Crippen LogP contribution in [-0.2, 0) is 9.53 Å². The van der Waals surface area contributed by atoms with Gasteiger partial charge in [-0.2, -0.15) is 0 Å². The fraction of sp³-hybridized carbons (Fsp3) is 0.529. The number of ether oxygens (including phenoxy) is 1. The average molecular weight is 492 g/mol. The number of guanidine groups is 1. The van der Waals surface area contributed by atoms with Gasteiger partial charge in [-0.3, -0.25) is 14.8 Å². The molecule has 0 aliphatic carbocycles. The number of carbonyl (C=O) groups is 2. The number of rotatable bonds is 7. The van der Waals surface area contributed by atoms with E-state index >= 15 is 0 Å². The predicted molar refractivity (Wildman–Crippen MR) is 116 cm³/mol. The summed E-state index contributed by atoms with van der Waals surface area (Å²) in [5.41, 5.74) is 0.125. The number of nitrogens with zero attached hydrogens (tertiary/aromatic N) is 2. The normalized spacial score (nSPS) is 11.0. The van der Waals surface area contributed by atoms with Crippen molar-refractivity contribution < 1.29 is 14.3 Å². The zero-order chi connectivity index (χ0) is 19.4. The molecule has 1 aromatic heterocycles. The van der Waals surface area contributed by atoms with Crippen LogP contribution in [0.1, 0.15) is 27.2 Å². The Labute approximate surface area is 177 Å². The van der Waals surface area contributed by atoms with Crippen LogP contribution in [0.2, 0.25) is 0 Å². The zero-order valence-electron chi connectivity index (χ0n) is 16.2. The van der Waals surface area contributed by atoms with E-state index in [-0.39, 0.29) is 36.4 Å². The fourth-order valence-electron chi connectivity index (χ4n) is 1.83. The van der Waals surface area contributed by atoms with E-state index in [2.05, 4.69) is 31.2 Å². The summed E-state index contributed by atoms with van der Waals surface area (Å²) in [5.74, 6) is 0.302. The van der Waals surface area contributed by atoms with E-state index in [1.807, 2.05) is 20.8 Å². The van der Waals surface area contributed by atoms with Crippen LogP contribution in [0.5, 0.6) is 0 Å². The maximum absolute atomic E-state index is 11.9. The number of nitrogens with one attached hydrogen (secondary N) is 4. The number of aromatic nitrogens is 1. The van der Waals surface area contributed by atoms with Gasteiger partial charge in [0.1, 0.15) is 5.60 Å². The van der Waals surface area contributed by atoms with Crippen LogP contribution < -0.4 is 21.3 Å². The SMILES string of the molecule is CN=C(NCCCNC(=O)OC(C)(C)C)NCC(=O)Nc1cccnc1.I. The molecular weight excluding hydrogens is 463 g/mol. The standard InChI is InChI=1S/C17H28N6O3.HI/c1-17(2,3)26-16(25)21-10-6-9-20-15(18-4)22-12-14(24)23-13-7-5-8-19-11-13;/h5,7-8,11H,6,9-10,12H2,1-4H3,(H,21,25)(H,23,24)(H2,18,20,22);1H. The lowest BCUT2D eigenvalue weighted by atomic mass is 10.2. The van der Waals surface area contributed by atoms with Gasteiger partial charge in [0, 0.05) is 26.3 Å². The van der Waals surface area contributed by atoms with Gasteiger partial charge in [0.2, 0.25) is 5.91 Å². The fourth-order valence-corrected chi connectivity index (χ4v) is 1.83. The highest BCUT2D eigenvalue weighted by Crippen LogP contribution is 2.06. The molecule has 0 saturated heterocycles. The molecule has 1 aromatic rings. The summed E-state index contributed by atoms with van der Waals surface area (Å²) in [6.45, 7) is 6.57. The Morgan fingerprint density at radius 3 is 2.48 bits per heavy atom. The van der Waals surface area contributed by atoms with Crippen LogP contribution in [0.15, 0.2) is 29.5 Å². The lowest BCUT2D eigenvalue weighted by Crippen LogP contribution is -2.42. The summed E-state index contributed by atoms with van der Waals surface area (Å²) in [6, 6.07) is 3.50. The first-order valence-corrected chi connectivity index (χ1v) is 8.41. The van der Waals surface area contributed by atoms with E-state index in [0.29, 0.717) is 31.2 Å². The van der Waals surface area contributed by atoms with Crippen LogP contribution in [0.25, 0.3) is 0 Å². The number of amides is 2. The molecule has 0 atom stereocenters. The van der Waals surface area contributed by atoms with Gasteiger partial charge in [-0.05, 0) is 39.3 Å². The van der Waals surface area contributed by atoms with Crippen molar-refractivity contribution in [2.45, 2.75) is 32.8 Å². The Kier molecular flexibility index (Phi) is 12.1. The molecule has 0 spiro atoms. The molecular formula is C17H29IN6O3.